The van der Waals surface area contributed by atoms with Crippen molar-refractivity contribution in [2.24, 2.45) is 5.41 Å². The van der Waals surface area contributed by atoms with Crippen molar-refractivity contribution in [1.82, 2.24) is 4.90 Å². The number of halogens is 2. The highest BCUT2D eigenvalue weighted by molar-refractivity contribution is 5.95. The number of hydrogen-bond donors (Lipinski definition) is 1. The fourth-order valence-corrected chi connectivity index (χ4v) is 2.53. The Hall–Kier alpha value is -1.65. The number of rotatable bonds is 1. The summed E-state index contributed by atoms with van der Waals surface area (Å²) in [5, 5.41) is 0. The summed E-state index contributed by atoms with van der Waals surface area (Å²) in [6, 6.07) is 1.76. The predicted molar refractivity (Wildman–Crippen MR) is 74.3 cm³/mol. The zero-order valence-corrected chi connectivity index (χ0v) is 11.9. The maximum Gasteiger partial charge on any atom is 0.256 e. The third kappa shape index (κ3) is 3.08. The van der Waals surface area contributed by atoms with E-state index < -0.39 is 17.5 Å². The van der Waals surface area contributed by atoms with Crippen LogP contribution in [0.3, 0.4) is 0 Å². The largest absolute Gasteiger partial charge is 0.396 e. The SMILES string of the molecule is CC1(C)CCCN(C(=O)c2cc(N)c(F)cc2F)CC1. The summed E-state index contributed by atoms with van der Waals surface area (Å²) < 4.78 is 26.9. The molecule has 0 radical (unpaired) electrons. The average Bonchev–Trinajstić information content (AvgIpc) is 2.54. The van der Waals surface area contributed by atoms with Gasteiger partial charge in [-0.05, 0) is 30.7 Å². The van der Waals surface area contributed by atoms with Gasteiger partial charge in [0.25, 0.3) is 5.91 Å². The van der Waals surface area contributed by atoms with Crippen LogP contribution in [0.5, 0.6) is 0 Å². The molecule has 0 atom stereocenters. The molecule has 0 saturated carbocycles. The van der Waals surface area contributed by atoms with Gasteiger partial charge in [-0.25, -0.2) is 8.78 Å². The van der Waals surface area contributed by atoms with Crippen LogP contribution < -0.4 is 5.73 Å². The quantitative estimate of drug-likeness (QED) is 0.804. The summed E-state index contributed by atoms with van der Waals surface area (Å²) in [7, 11) is 0. The molecule has 1 aromatic rings. The number of hydrogen-bond acceptors (Lipinski definition) is 2. The van der Waals surface area contributed by atoms with Gasteiger partial charge in [0, 0.05) is 19.2 Å². The van der Waals surface area contributed by atoms with E-state index in [1.54, 1.807) is 4.90 Å². The summed E-state index contributed by atoms with van der Waals surface area (Å²) in [6.45, 7) is 5.51. The third-order valence-electron chi connectivity index (χ3n) is 3.94. The Kier molecular flexibility index (Phi) is 3.97. The van der Waals surface area contributed by atoms with E-state index in [0.717, 1.165) is 25.3 Å². The van der Waals surface area contributed by atoms with Gasteiger partial charge < -0.3 is 10.6 Å². The molecule has 2 rings (SSSR count). The van der Waals surface area contributed by atoms with E-state index in [9.17, 15) is 13.6 Å². The lowest BCUT2D eigenvalue weighted by molar-refractivity contribution is 0.0752. The van der Waals surface area contributed by atoms with Crippen LogP contribution in [0, 0.1) is 17.0 Å². The Morgan fingerprint density at radius 3 is 2.60 bits per heavy atom. The molecule has 1 aliphatic rings. The van der Waals surface area contributed by atoms with Gasteiger partial charge in [0.2, 0.25) is 0 Å². The van der Waals surface area contributed by atoms with Crippen molar-refractivity contribution in [2.45, 2.75) is 33.1 Å². The Bertz CT molecular complexity index is 529. The molecule has 1 amide bonds. The van der Waals surface area contributed by atoms with E-state index in [-0.39, 0.29) is 16.7 Å². The monoisotopic (exact) mass is 282 g/mol. The van der Waals surface area contributed by atoms with E-state index >= 15 is 0 Å². The van der Waals surface area contributed by atoms with E-state index in [4.69, 9.17) is 5.73 Å². The second-order valence-electron chi connectivity index (χ2n) is 6.16. The van der Waals surface area contributed by atoms with Crippen LogP contribution in [0.15, 0.2) is 12.1 Å². The van der Waals surface area contributed by atoms with Crippen LogP contribution in [0.2, 0.25) is 0 Å². The van der Waals surface area contributed by atoms with Gasteiger partial charge in [-0.3, -0.25) is 4.79 Å². The first-order valence-corrected chi connectivity index (χ1v) is 6.84. The summed E-state index contributed by atoms with van der Waals surface area (Å²) in [4.78, 5) is 14.0. The van der Waals surface area contributed by atoms with Crippen molar-refractivity contribution in [3.63, 3.8) is 0 Å². The van der Waals surface area contributed by atoms with Crippen molar-refractivity contribution in [1.29, 1.82) is 0 Å². The predicted octanol–water partition coefficient (Wildman–Crippen LogP) is 3.20. The molecular weight excluding hydrogens is 262 g/mol. The number of carbonyl (C=O) groups is 1. The van der Waals surface area contributed by atoms with Crippen molar-refractivity contribution in [3.05, 3.63) is 29.3 Å². The summed E-state index contributed by atoms with van der Waals surface area (Å²) in [6.07, 6.45) is 2.79. The van der Waals surface area contributed by atoms with E-state index in [2.05, 4.69) is 13.8 Å². The molecule has 0 aromatic heterocycles. The summed E-state index contributed by atoms with van der Waals surface area (Å²) >= 11 is 0. The molecule has 0 spiro atoms. The molecule has 0 unspecified atom stereocenters. The van der Waals surface area contributed by atoms with Crippen LogP contribution in [0.25, 0.3) is 0 Å². The minimum absolute atomic E-state index is 0.149. The molecule has 1 saturated heterocycles. The second-order valence-corrected chi connectivity index (χ2v) is 6.16. The lowest BCUT2D eigenvalue weighted by Crippen LogP contribution is -2.33. The molecule has 110 valence electrons. The van der Waals surface area contributed by atoms with Gasteiger partial charge in [0.05, 0.1) is 11.3 Å². The van der Waals surface area contributed by atoms with E-state index in [0.29, 0.717) is 19.2 Å². The molecule has 5 heteroatoms. The zero-order chi connectivity index (χ0) is 14.9. The topological polar surface area (TPSA) is 46.3 Å². The van der Waals surface area contributed by atoms with Crippen molar-refractivity contribution in [2.75, 3.05) is 18.8 Å². The fourth-order valence-electron chi connectivity index (χ4n) is 2.53. The van der Waals surface area contributed by atoms with Gasteiger partial charge in [-0.2, -0.15) is 0 Å². The number of nitrogens with zero attached hydrogens (tertiary/aromatic N) is 1. The van der Waals surface area contributed by atoms with Crippen molar-refractivity contribution < 1.29 is 13.6 Å². The maximum absolute atomic E-state index is 13.7. The van der Waals surface area contributed by atoms with Crippen LogP contribution in [-0.4, -0.2) is 23.9 Å². The highest BCUT2D eigenvalue weighted by atomic mass is 19.1. The fraction of sp³-hybridized carbons (Fsp3) is 0.533. The summed E-state index contributed by atoms with van der Waals surface area (Å²) in [5.41, 5.74) is 5.26. The van der Waals surface area contributed by atoms with Crippen molar-refractivity contribution >= 4 is 11.6 Å². The van der Waals surface area contributed by atoms with E-state index in [1.165, 1.54) is 0 Å². The minimum atomic E-state index is -0.856. The lowest BCUT2D eigenvalue weighted by atomic mass is 9.85. The van der Waals surface area contributed by atoms with Gasteiger partial charge in [0.15, 0.2) is 0 Å². The number of amides is 1. The molecule has 2 N–H and O–H groups in total. The van der Waals surface area contributed by atoms with E-state index in [1.807, 2.05) is 0 Å². The Morgan fingerprint density at radius 2 is 1.90 bits per heavy atom. The Balaban J connectivity index is 2.21. The zero-order valence-electron chi connectivity index (χ0n) is 11.9. The third-order valence-corrected chi connectivity index (χ3v) is 3.94. The van der Waals surface area contributed by atoms with Crippen LogP contribution in [0.1, 0.15) is 43.5 Å². The van der Waals surface area contributed by atoms with Crippen LogP contribution in [-0.2, 0) is 0 Å². The first-order chi connectivity index (χ1) is 9.30. The number of benzene rings is 1. The number of carbonyl (C=O) groups excluding carboxylic acids is 1. The van der Waals surface area contributed by atoms with Gasteiger partial charge in [0.1, 0.15) is 11.6 Å². The normalized spacial score (nSPS) is 18.7. The molecule has 3 nitrogen and oxygen atoms in total. The highest BCUT2D eigenvalue weighted by Crippen LogP contribution is 2.30. The lowest BCUT2D eigenvalue weighted by Gasteiger charge is -2.23. The van der Waals surface area contributed by atoms with Crippen molar-refractivity contribution in [3.8, 4) is 0 Å². The van der Waals surface area contributed by atoms with Crippen LogP contribution >= 0.6 is 0 Å². The first kappa shape index (κ1) is 14.8. The Labute approximate surface area is 117 Å². The molecule has 1 aliphatic heterocycles. The maximum atomic E-state index is 13.7. The molecule has 1 heterocycles. The molecular formula is C15H20F2N2O. The molecule has 20 heavy (non-hydrogen) atoms. The second kappa shape index (κ2) is 5.38. The molecule has 0 bridgehead atoms. The average molecular weight is 282 g/mol. The van der Waals surface area contributed by atoms with Gasteiger partial charge in [-0.1, -0.05) is 13.8 Å². The van der Waals surface area contributed by atoms with Crippen LogP contribution in [0.4, 0.5) is 14.5 Å². The molecule has 1 fully saturated rings. The smallest absolute Gasteiger partial charge is 0.256 e. The standard InChI is InChI=1S/C15H20F2N2O/c1-15(2)4-3-6-19(7-5-15)14(20)10-8-13(18)12(17)9-11(10)16/h8-9H,3-7,18H2,1-2H3. The minimum Gasteiger partial charge on any atom is -0.396 e. The summed E-state index contributed by atoms with van der Waals surface area (Å²) in [5.74, 6) is -2.10. The molecule has 0 aliphatic carbocycles. The number of nitrogen functional groups attached to an aromatic ring is 1. The van der Waals surface area contributed by atoms with Gasteiger partial charge in [-0.15, -0.1) is 0 Å². The number of anilines is 1. The number of likely N-dealkylation sites (tertiary alicyclic amines) is 1. The Morgan fingerprint density at radius 1 is 1.20 bits per heavy atom. The van der Waals surface area contributed by atoms with Gasteiger partial charge >= 0.3 is 0 Å². The highest BCUT2D eigenvalue weighted by Gasteiger charge is 2.27. The first-order valence-electron chi connectivity index (χ1n) is 6.84. The molecule has 1 aromatic carbocycles. The number of nitrogens with two attached hydrogens (primary N) is 1.